The van der Waals surface area contributed by atoms with Crippen molar-refractivity contribution in [3.05, 3.63) is 65.7 Å². The van der Waals surface area contributed by atoms with Crippen molar-refractivity contribution in [2.24, 2.45) is 5.10 Å². The molecule has 0 saturated carbocycles. The predicted octanol–water partition coefficient (Wildman–Crippen LogP) is 4.03. The van der Waals surface area contributed by atoms with Gasteiger partial charge in [0.1, 0.15) is 5.75 Å². The summed E-state index contributed by atoms with van der Waals surface area (Å²) in [5.74, 6) is 1.40. The molecular weight excluding hydrogens is 596 g/mol. The Labute approximate surface area is 253 Å². The van der Waals surface area contributed by atoms with Crippen LogP contribution in [0.5, 0.6) is 23.0 Å². The Kier molecular flexibility index (Phi) is 9.11. The number of carbonyl (C=O) groups is 1. The Morgan fingerprint density at radius 2 is 1.63 bits per heavy atom. The summed E-state index contributed by atoms with van der Waals surface area (Å²) in [7, 11) is 2.37. The molecule has 0 N–H and O–H groups in total. The standard InChI is InChI=1S/C29H30N4O8S2/c1-37-21-7-10-23-26(17-21)42-29(31-23)33(30-18-19-15-24(38-2)27(40-4)25(16-19)39-3)28(34)20-5-8-22(9-6-20)43(35,36)32-11-13-41-14-12-32/h5-10,15-18H,11-14H2,1-4H3/b30-18+. The van der Waals surface area contributed by atoms with Crippen molar-refractivity contribution >= 4 is 48.8 Å². The molecule has 1 aliphatic rings. The van der Waals surface area contributed by atoms with Gasteiger partial charge in [-0.2, -0.15) is 14.4 Å². The highest BCUT2D eigenvalue weighted by Crippen LogP contribution is 2.38. The lowest BCUT2D eigenvalue weighted by Gasteiger charge is -2.26. The van der Waals surface area contributed by atoms with Crippen molar-refractivity contribution < 1.29 is 36.9 Å². The number of morpholine rings is 1. The Morgan fingerprint density at radius 1 is 0.953 bits per heavy atom. The van der Waals surface area contributed by atoms with E-state index in [1.54, 1.807) is 31.4 Å². The zero-order valence-electron chi connectivity index (χ0n) is 24.0. The summed E-state index contributed by atoms with van der Waals surface area (Å²) in [6, 6.07) is 14.6. The molecule has 14 heteroatoms. The minimum atomic E-state index is -3.72. The normalized spacial score (nSPS) is 14.1. The van der Waals surface area contributed by atoms with Gasteiger partial charge in [0.25, 0.3) is 5.91 Å². The van der Waals surface area contributed by atoms with Gasteiger partial charge >= 0.3 is 0 Å². The van der Waals surface area contributed by atoms with Gasteiger partial charge in [-0.25, -0.2) is 13.4 Å². The van der Waals surface area contributed by atoms with Gasteiger partial charge in [0.15, 0.2) is 11.5 Å². The van der Waals surface area contributed by atoms with E-state index >= 15 is 0 Å². The molecule has 0 bridgehead atoms. The van der Waals surface area contributed by atoms with E-state index in [-0.39, 0.29) is 23.5 Å². The van der Waals surface area contributed by atoms with E-state index in [1.807, 2.05) is 6.07 Å². The molecule has 1 aromatic heterocycles. The van der Waals surface area contributed by atoms with Gasteiger partial charge in [-0.15, -0.1) is 0 Å². The first-order valence-electron chi connectivity index (χ1n) is 13.1. The van der Waals surface area contributed by atoms with Gasteiger partial charge in [-0.3, -0.25) is 4.79 Å². The number of methoxy groups -OCH3 is 4. The molecule has 12 nitrogen and oxygen atoms in total. The highest BCUT2D eigenvalue weighted by Gasteiger charge is 2.27. The number of amides is 1. The Bertz CT molecular complexity index is 1730. The van der Waals surface area contributed by atoms with Crippen LogP contribution in [0.3, 0.4) is 0 Å². The Morgan fingerprint density at radius 3 is 2.23 bits per heavy atom. The van der Waals surface area contributed by atoms with Crippen LogP contribution in [-0.4, -0.2) is 84.6 Å². The van der Waals surface area contributed by atoms with Crippen molar-refractivity contribution in [3.8, 4) is 23.0 Å². The molecule has 1 fully saturated rings. The van der Waals surface area contributed by atoms with Crippen molar-refractivity contribution in [1.29, 1.82) is 0 Å². The zero-order valence-corrected chi connectivity index (χ0v) is 25.6. The minimum absolute atomic E-state index is 0.0884. The Balaban J connectivity index is 1.52. The number of hydrogen-bond donors (Lipinski definition) is 0. The van der Waals surface area contributed by atoms with Gasteiger partial charge in [0.2, 0.25) is 20.9 Å². The van der Waals surface area contributed by atoms with E-state index in [0.29, 0.717) is 52.4 Å². The number of ether oxygens (including phenoxy) is 5. The van der Waals surface area contributed by atoms with Gasteiger partial charge in [0.05, 0.1) is 63.0 Å². The number of aromatic nitrogens is 1. The summed E-state index contributed by atoms with van der Waals surface area (Å²) in [5, 5.41) is 5.99. The van der Waals surface area contributed by atoms with E-state index in [4.69, 9.17) is 23.7 Å². The molecule has 43 heavy (non-hydrogen) atoms. The fourth-order valence-corrected chi connectivity index (χ4v) is 6.79. The first kappa shape index (κ1) is 30.2. The SMILES string of the molecule is COc1ccc2nc(N(/N=C/c3cc(OC)c(OC)c(OC)c3)C(=O)c3ccc(S(=O)(=O)N4CCOCC4)cc3)sc2c1. The average molecular weight is 627 g/mol. The molecule has 5 rings (SSSR count). The molecule has 0 aliphatic carbocycles. The number of hydrazone groups is 1. The van der Waals surface area contributed by atoms with Crippen molar-refractivity contribution in [3.63, 3.8) is 0 Å². The fraction of sp³-hybridized carbons (Fsp3) is 0.276. The largest absolute Gasteiger partial charge is 0.497 e. The summed E-state index contributed by atoms with van der Waals surface area (Å²) < 4.78 is 55.2. The summed E-state index contributed by atoms with van der Waals surface area (Å²) in [6.07, 6.45) is 1.48. The van der Waals surface area contributed by atoms with Crippen molar-refractivity contribution in [2.45, 2.75) is 4.90 Å². The van der Waals surface area contributed by atoms with Crippen LogP contribution in [0.25, 0.3) is 10.2 Å². The lowest BCUT2D eigenvalue weighted by Crippen LogP contribution is -2.40. The van der Waals surface area contributed by atoms with Crippen LogP contribution in [0.1, 0.15) is 15.9 Å². The molecule has 0 atom stereocenters. The Hall–Kier alpha value is -4.24. The molecule has 1 amide bonds. The van der Waals surface area contributed by atoms with Crippen LogP contribution in [0, 0.1) is 0 Å². The summed E-state index contributed by atoms with van der Waals surface area (Å²) in [4.78, 5) is 18.6. The van der Waals surface area contributed by atoms with Gasteiger partial charge in [-0.1, -0.05) is 11.3 Å². The molecule has 0 spiro atoms. The second-order valence-corrected chi connectivity index (χ2v) is 12.1. The maximum absolute atomic E-state index is 13.9. The number of anilines is 1. The monoisotopic (exact) mass is 626 g/mol. The van der Waals surface area contributed by atoms with Crippen molar-refractivity contribution in [1.82, 2.24) is 9.29 Å². The smallest absolute Gasteiger partial charge is 0.280 e. The van der Waals surface area contributed by atoms with E-state index < -0.39 is 15.9 Å². The topological polar surface area (TPSA) is 129 Å². The van der Waals surface area contributed by atoms with Crippen LogP contribution in [0.4, 0.5) is 5.13 Å². The van der Waals surface area contributed by atoms with Crippen LogP contribution >= 0.6 is 11.3 Å². The number of carbonyl (C=O) groups excluding carboxylic acids is 1. The molecule has 2 heterocycles. The number of sulfonamides is 1. The van der Waals surface area contributed by atoms with Crippen LogP contribution in [0.2, 0.25) is 0 Å². The molecular formula is C29H30N4O8S2. The third-order valence-corrected chi connectivity index (χ3v) is 9.58. The van der Waals surface area contributed by atoms with E-state index in [9.17, 15) is 13.2 Å². The van der Waals surface area contributed by atoms with Gasteiger partial charge < -0.3 is 23.7 Å². The predicted molar refractivity (Wildman–Crippen MR) is 163 cm³/mol. The van der Waals surface area contributed by atoms with E-state index in [1.165, 1.54) is 72.5 Å². The fourth-order valence-electron chi connectivity index (χ4n) is 4.43. The summed E-state index contributed by atoms with van der Waals surface area (Å²) in [6.45, 7) is 1.22. The van der Waals surface area contributed by atoms with E-state index in [0.717, 1.165) is 4.70 Å². The quantitative estimate of drug-likeness (QED) is 0.189. The highest BCUT2D eigenvalue weighted by atomic mass is 32.2. The van der Waals surface area contributed by atoms with Crippen LogP contribution < -0.4 is 24.0 Å². The molecule has 0 radical (unpaired) electrons. The van der Waals surface area contributed by atoms with Crippen LogP contribution in [-0.2, 0) is 14.8 Å². The minimum Gasteiger partial charge on any atom is -0.497 e. The second-order valence-electron chi connectivity index (χ2n) is 9.19. The van der Waals surface area contributed by atoms with Gasteiger partial charge in [0, 0.05) is 24.2 Å². The average Bonchev–Trinajstić information content (AvgIpc) is 3.47. The molecule has 1 saturated heterocycles. The maximum Gasteiger partial charge on any atom is 0.280 e. The summed E-state index contributed by atoms with van der Waals surface area (Å²) >= 11 is 1.26. The third-order valence-electron chi connectivity index (χ3n) is 6.68. The number of fused-ring (bicyclic) bond motifs is 1. The number of rotatable bonds is 10. The molecule has 4 aromatic rings. The number of hydrogen-bond acceptors (Lipinski definition) is 11. The number of benzene rings is 3. The second kappa shape index (κ2) is 13.0. The zero-order chi connectivity index (χ0) is 30.6. The van der Waals surface area contributed by atoms with Crippen LogP contribution in [0.15, 0.2) is 64.6 Å². The van der Waals surface area contributed by atoms with Gasteiger partial charge in [-0.05, 0) is 54.6 Å². The molecule has 226 valence electrons. The molecule has 0 unspecified atom stereocenters. The highest BCUT2D eigenvalue weighted by molar-refractivity contribution is 7.89. The third kappa shape index (κ3) is 6.27. The lowest BCUT2D eigenvalue weighted by atomic mass is 10.2. The number of nitrogens with zero attached hydrogens (tertiary/aromatic N) is 4. The summed E-state index contributed by atoms with van der Waals surface area (Å²) in [5.41, 5.74) is 1.45. The first-order chi connectivity index (χ1) is 20.8. The first-order valence-corrected chi connectivity index (χ1v) is 15.4. The molecule has 1 aliphatic heterocycles. The molecule has 3 aromatic carbocycles. The van der Waals surface area contributed by atoms with E-state index in [2.05, 4.69) is 10.1 Å². The lowest BCUT2D eigenvalue weighted by molar-refractivity contribution is 0.0730. The number of thiazole rings is 1. The maximum atomic E-state index is 13.9. The van der Waals surface area contributed by atoms with Crippen molar-refractivity contribution in [2.75, 3.05) is 59.8 Å².